The second-order valence-corrected chi connectivity index (χ2v) is 9.15. The number of carbonyl (C=O) groups excluding carboxylic acids is 2. The first-order valence-corrected chi connectivity index (χ1v) is 10.4. The number of aliphatic hydroxyl groups is 2. The van der Waals surface area contributed by atoms with Crippen molar-refractivity contribution in [2.75, 3.05) is 18.4 Å². The Morgan fingerprint density at radius 3 is 2.64 bits per heavy atom. The Hall–Kier alpha value is -1.34. The molecule has 1 saturated carbocycles. The minimum atomic E-state index is -0.861. The minimum Gasteiger partial charge on any atom is -0.390 e. The van der Waals surface area contributed by atoms with Crippen LogP contribution in [0.4, 0.5) is 5.69 Å². The average Bonchev–Trinajstić information content (AvgIpc) is 3.10. The van der Waals surface area contributed by atoms with Gasteiger partial charge in [-0.2, -0.15) is 0 Å². The zero-order valence-electron chi connectivity index (χ0n) is 15.6. The number of carbonyl (C=O) groups is 2. The molecule has 8 heteroatoms. The van der Waals surface area contributed by atoms with Gasteiger partial charge in [0.15, 0.2) is 0 Å². The monoisotopic (exact) mass is 426 g/mol. The van der Waals surface area contributed by atoms with Crippen LogP contribution < -0.4 is 5.32 Å². The molecule has 152 valence electrons. The van der Waals surface area contributed by atoms with E-state index in [-0.39, 0.29) is 30.1 Å². The molecule has 1 aromatic carbocycles. The fourth-order valence-corrected chi connectivity index (χ4v) is 5.32. The van der Waals surface area contributed by atoms with Crippen molar-refractivity contribution in [2.24, 2.45) is 11.8 Å². The predicted molar refractivity (Wildman–Crippen MR) is 106 cm³/mol. The summed E-state index contributed by atoms with van der Waals surface area (Å²) >= 11 is 12.4. The molecule has 5 atom stereocenters. The molecule has 0 radical (unpaired) electrons. The first kappa shape index (κ1) is 20.0. The number of nitrogens with one attached hydrogen (secondary N) is 1. The molecule has 2 amide bonds. The number of hydrogen-bond acceptors (Lipinski definition) is 4. The Morgan fingerprint density at radius 2 is 1.93 bits per heavy atom. The predicted octanol–water partition coefficient (Wildman–Crippen LogP) is 2.57. The molecule has 3 N–H and O–H groups in total. The van der Waals surface area contributed by atoms with Gasteiger partial charge in [0.2, 0.25) is 11.8 Å². The molecule has 2 heterocycles. The SMILES string of the molecule is CC1C(=O)Nc2cc(Cl)c(Cl)cc2[C@]12CCN(C(=O)[C@@H]1CC[C@H](O)[C@@H](O)C1)C2. The van der Waals surface area contributed by atoms with Crippen molar-refractivity contribution in [1.82, 2.24) is 4.90 Å². The largest absolute Gasteiger partial charge is 0.390 e. The lowest BCUT2D eigenvalue weighted by Gasteiger charge is -2.41. The second-order valence-electron chi connectivity index (χ2n) is 8.33. The number of anilines is 1. The van der Waals surface area contributed by atoms with E-state index >= 15 is 0 Å². The highest BCUT2D eigenvalue weighted by Crippen LogP contribution is 2.49. The standard InChI is InChI=1S/C20H24Cl2N2O4/c1-10-18(27)23-15-8-14(22)13(21)7-12(15)20(10)4-5-24(9-20)19(28)11-2-3-16(25)17(26)6-11/h7-8,10-11,16-17,25-26H,2-6,9H2,1H3,(H,23,27)/t10?,11-,16+,17+,20+/m1/s1. The van der Waals surface area contributed by atoms with Crippen LogP contribution in [-0.4, -0.2) is 52.2 Å². The number of halogens is 2. The van der Waals surface area contributed by atoms with E-state index < -0.39 is 17.6 Å². The van der Waals surface area contributed by atoms with Gasteiger partial charge in [0.05, 0.1) is 22.3 Å². The molecule has 6 nitrogen and oxygen atoms in total. The van der Waals surface area contributed by atoms with Gasteiger partial charge in [-0.25, -0.2) is 0 Å². The number of amides is 2. The molecule has 28 heavy (non-hydrogen) atoms. The van der Waals surface area contributed by atoms with Crippen LogP contribution in [0.3, 0.4) is 0 Å². The molecule has 4 rings (SSSR count). The van der Waals surface area contributed by atoms with E-state index in [4.69, 9.17) is 23.2 Å². The summed E-state index contributed by atoms with van der Waals surface area (Å²) in [4.78, 5) is 27.5. The summed E-state index contributed by atoms with van der Waals surface area (Å²) in [6.07, 6.45) is 0.310. The highest BCUT2D eigenvalue weighted by molar-refractivity contribution is 6.42. The minimum absolute atomic E-state index is 0.0115. The number of benzene rings is 1. The van der Waals surface area contributed by atoms with Crippen LogP contribution in [0.2, 0.25) is 10.0 Å². The molecule has 2 fully saturated rings. The van der Waals surface area contributed by atoms with E-state index in [2.05, 4.69) is 5.32 Å². The molecule has 3 aliphatic rings. The Morgan fingerprint density at radius 1 is 1.21 bits per heavy atom. The molecule has 1 unspecified atom stereocenters. The third-order valence-corrected chi connectivity index (χ3v) is 7.54. The molecule has 1 aromatic rings. The normalized spacial score (nSPS) is 35.0. The fourth-order valence-electron chi connectivity index (χ4n) is 5.00. The van der Waals surface area contributed by atoms with Gasteiger partial charge in [-0.05, 0) is 43.4 Å². The first-order valence-electron chi connectivity index (χ1n) is 9.68. The molecule has 2 aliphatic heterocycles. The zero-order valence-corrected chi connectivity index (χ0v) is 17.1. The first-order chi connectivity index (χ1) is 13.2. The Kier molecular flexibility index (Phi) is 5.11. The van der Waals surface area contributed by atoms with Crippen molar-refractivity contribution in [2.45, 2.75) is 50.2 Å². The van der Waals surface area contributed by atoms with Gasteiger partial charge in [0.1, 0.15) is 0 Å². The Balaban J connectivity index is 1.62. The maximum atomic E-state index is 13.1. The van der Waals surface area contributed by atoms with Crippen molar-refractivity contribution in [3.05, 3.63) is 27.7 Å². The summed E-state index contributed by atoms with van der Waals surface area (Å²) in [6.45, 7) is 2.86. The molecule has 1 saturated heterocycles. The Bertz CT molecular complexity index is 833. The molecular weight excluding hydrogens is 403 g/mol. The Labute approximate surface area is 173 Å². The summed E-state index contributed by atoms with van der Waals surface area (Å²) in [6, 6.07) is 3.48. The van der Waals surface area contributed by atoms with E-state index in [1.165, 1.54) is 0 Å². The maximum absolute atomic E-state index is 13.1. The molecule has 1 spiro atoms. The molecule has 0 bridgehead atoms. The van der Waals surface area contributed by atoms with Crippen LogP contribution in [0.1, 0.15) is 38.2 Å². The van der Waals surface area contributed by atoms with E-state index in [0.29, 0.717) is 48.1 Å². The third-order valence-electron chi connectivity index (χ3n) is 6.82. The third kappa shape index (κ3) is 3.11. The topological polar surface area (TPSA) is 89.9 Å². The van der Waals surface area contributed by atoms with Crippen LogP contribution in [0.15, 0.2) is 12.1 Å². The molecular formula is C20H24Cl2N2O4. The summed E-state index contributed by atoms with van der Waals surface area (Å²) in [5.74, 6) is -0.706. The van der Waals surface area contributed by atoms with Gasteiger partial charge in [-0.1, -0.05) is 30.1 Å². The number of aliphatic hydroxyl groups excluding tert-OH is 2. The lowest BCUT2D eigenvalue weighted by atomic mass is 9.67. The zero-order chi connectivity index (χ0) is 20.2. The van der Waals surface area contributed by atoms with Crippen LogP contribution >= 0.6 is 23.2 Å². The summed E-state index contributed by atoms with van der Waals surface area (Å²) in [5.41, 5.74) is 1.07. The lowest BCUT2D eigenvalue weighted by Crippen LogP contribution is -2.48. The van der Waals surface area contributed by atoms with Crippen molar-refractivity contribution in [1.29, 1.82) is 0 Å². The lowest BCUT2D eigenvalue weighted by molar-refractivity contribution is -0.139. The fraction of sp³-hybridized carbons (Fsp3) is 0.600. The van der Waals surface area contributed by atoms with Gasteiger partial charge < -0.3 is 20.4 Å². The number of likely N-dealkylation sites (tertiary alicyclic amines) is 1. The average molecular weight is 427 g/mol. The van der Waals surface area contributed by atoms with Gasteiger partial charge in [-0.15, -0.1) is 0 Å². The number of nitrogens with zero attached hydrogens (tertiary/aromatic N) is 1. The number of hydrogen-bond donors (Lipinski definition) is 3. The van der Waals surface area contributed by atoms with Crippen LogP contribution in [0, 0.1) is 11.8 Å². The van der Waals surface area contributed by atoms with Gasteiger partial charge in [-0.3, -0.25) is 9.59 Å². The van der Waals surface area contributed by atoms with E-state index in [1.807, 2.05) is 13.0 Å². The van der Waals surface area contributed by atoms with Crippen LogP contribution in [-0.2, 0) is 15.0 Å². The van der Waals surface area contributed by atoms with Crippen LogP contribution in [0.5, 0.6) is 0 Å². The summed E-state index contributed by atoms with van der Waals surface area (Å²) in [5, 5.41) is 23.4. The van der Waals surface area contributed by atoms with E-state index in [1.54, 1.807) is 11.0 Å². The van der Waals surface area contributed by atoms with Gasteiger partial charge in [0, 0.05) is 36.0 Å². The number of fused-ring (bicyclic) bond motifs is 2. The maximum Gasteiger partial charge on any atom is 0.228 e. The van der Waals surface area contributed by atoms with Gasteiger partial charge in [0.25, 0.3) is 0 Å². The highest BCUT2D eigenvalue weighted by atomic mass is 35.5. The highest BCUT2D eigenvalue weighted by Gasteiger charge is 2.52. The number of rotatable bonds is 1. The second kappa shape index (κ2) is 7.17. The quantitative estimate of drug-likeness (QED) is 0.643. The van der Waals surface area contributed by atoms with Crippen molar-refractivity contribution < 1.29 is 19.8 Å². The van der Waals surface area contributed by atoms with Crippen molar-refractivity contribution in [3.63, 3.8) is 0 Å². The van der Waals surface area contributed by atoms with E-state index in [0.717, 1.165) is 5.56 Å². The van der Waals surface area contributed by atoms with Crippen molar-refractivity contribution in [3.8, 4) is 0 Å². The van der Waals surface area contributed by atoms with Crippen LogP contribution in [0.25, 0.3) is 0 Å². The summed E-state index contributed by atoms with van der Waals surface area (Å²) in [7, 11) is 0. The smallest absolute Gasteiger partial charge is 0.228 e. The summed E-state index contributed by atoms with van der Waals surface area (Å²) < 4.78 is 0. The molecule has 0 aromatic heterocycles. The van der Waals surface area contributed by atoms with E-state index in [9.17, 15) is 19.8 Å². The van der Waals surface area contributed by atoms with Crippen molar-refractivity contribution >= 4 is 40.7 Å². The molecule has 1 aliphatic carbocycles. The van der Waals surface area contributed by atoms with Gasteiger partial charge >= 0.3 is 0 Å².